The maximum absolute atomic E-state index is 14.8. The summed E-state index contributed by atoms with van der Waals surface area (Å²) >= 11 is 1.11. The van der Waals surface area contributed by atoms with Crippen molar-refractivity contribution >= 4 is 29.3 Å². The molecular formula is C25H22FN3O3S. The summed E-state index contributed by atoms with van der Waals surface area (Å²) in [6.45, 7) is 5.16. The van der Waals surface area contributed by atoms with E-state index in [0.29, 0.717) is 16.4 Å². The van der Waals surface area contributed by atoms with Crippen LogP contribution in [0.3, 0.4) is 0 Å². The number of thioether (sulfide) groups is 1. The number of benzene rings is 2. The summed E-state index contributed by atoms with van der Waals surface area (Å²) in [7, 11) is 0. The highest BCUT2D eigenvalue weighted by molar-refractivity contribution is 8.03. The standard InChI is InChI=1S/C25H22FN3O3S/c1-3-13-32-25(31)22-16(2)28-24(33-15-21(30)29-17-9-5-4-6-10-17)19(14-27)23(22)18-11-7-8-12-20(18)26/h3-12,23,28H,1,13,15H2,2H3,(H,29,30). The van der Waals surface area contributed by atoms with Gasteiger partial charge in [-0.05, 0) is 25.1 Å². The second-order valence-corrected chi connectivity index (χ2v) is 8.05. The first-order valence-electron chi connectivity index (χ1n) is 10.1. The zero-order valence-electron chi connectivity index (χ0n) is 17.9. The Labute approximate surface area is 195 Å². The van der Waals surface area contributed by atoms with Gasteiger partial charge in [-0.2, -0.15) is 5.26 Å². The number of carbonyl (C=O) groups is 2. The maximum atomic E-state index is 14.8. The van der Waals surface area contributed by atoms with E-state index in [2.05, 4.69) is 23.3 Å². The van der Waals surface area contributed by atoms with E-state index in [9.17, 15) is 19.2 Å². The van der Waals surface area contributed by atoms with E-state index in [1.807, 2.05) is 18.2 Å². The van der Waals surface area contributed by atoms with Gasteiger partial charge >= 0.3 is 5.97 Å². The Morgan fingerprint density at radius 1 is 1.24 bits per heavy atom. The van der Waals surface area contributed by atoms with Gasteiger partial charge in [-0.15, -0.1) is 0 Å². The van der Waals surface area contributed by atoms with Gasteiger partial charge in [-0.25, -0.2) is 9.18 Å². The predicted octanol–water partition coefficient (Wildman–Crippen LogP) is 4.62. The summed E-state index contributed by atoms with van der Waals surface area (Å²) in [6.07, 6.45) is 1.43. The number of amides is 1. The van der Waals surface area contributed by atoms with Crippen LogP contribution in [0, 0.1) is 17.1 Å². The minimum absolute atomic E-state index is 0.00984. The molecule has 1 heterocycles. The molecule has 0 fully saturated rings. The number of halogens is 1. The van der Waals surface area contributed by atoms with Crippen LogP contribution in [0.25, 0.3) is 0 Å². The molecule has 8 heteroatoms. The number of nitrogens with one attached hydrogen (secondary N) is 2. The lowest BCUT2D eigenvalue weighted by Crippen LogP contribution is -2.30. The second-order valence-electron chi connectivity index (χ2n) is 7.06. The highest BCUT2D eigenvalue weighted by atomic mass is 32.2. The number of anilines is 1. The number of hydrogen-bond donors (Lipinski definition) is 2. The fraction of sp³-hybridized carbons (Fsp3) is 0.160. The average Bonchev–Trinajstić information content (AvgIpc) is 2.81. The number of nitriles is 1. The molecule has 33 heavy (non-hydrogen) atoms. The topological polar surface area (TPSA) is 91.2 Å². The maximum Gasteiger partial charge on any atom is 0.337 e. The lowest BCUT2D eigenvalue weighted by atomic mass is 9.82. The van der Waals surface area contributed by atoms with E-state index in [0.717, 1.165) is 11.8 Å². The molecule has 0 saturated carbocycles. The van der Waals surface area contributed by atoms with Crippen LogP contribution < -0.4 is 10.6 Å². The van der Waals surface area contributed by atoms with Crippen LogP contribution in [0.2, 0.25) is 0 Å². The minimum atomic E-state index is -0.977. The summed E-state index contributed by atoms with van der Waals surface area (Å²) in [5.74, 6) is -2.46. The normalized spacial score (nSPS) is 15.4. The number of dihydropyridines is 1. The van der Waals surface area contributed by atoms with Crippen molar-refractivity contribution in [3.63, 3.8) is 0 Å². The van der Waals surface area contributed by atoms with E-state index < -0.39 is 17.7 Å². The number of rotatable bonds is 8. The molecule has 1 atom stereocenters. The summed E-state index contributed by atoms with van der Waals surface area (Å²) in [5.41, 5.74) is 1.52. The van der Waals surface area contributed by atoms with Crippen LogP contribution in [0.1, 0.15) is 18.4 Å². The van der Waals surface area contributed by atoms with Crippen molar-refractivity contribution in [3.8, 4) is 6.07 Å². The summed E-state index contributed by atoms with van der Waals surface area (Å²) in [5, 5.41) is 16.2. The Morgan fingerprint density at radius 3 is 2.61 bits per heavy atom. The molecule has 6 nitrogen and oxygen atoms in total. The lowest BCUT2D eigenvalue weighted by Gasteiger charge is -2.29. The lowest BCUT2D eigenvalue weighted by molar-refractivity contribution is -0.138. The third-order valence-electron chi connectivity index (χ3n) is 4.82. The van der Waals surface area contributed by atoms with Crippen molar-refractivity contribution in [2.24, 2.45) is 0 Å². The van der Waals surface area contributed by atoms with Gasteiger partial charge in [0, 0.05) is 16.9 Å². The first-order valence-corrected chi connectivity index (χ1v) is 11.1. The van der Waals surface area contributed by atoms with Crippen molar-refractivity contribution in [2.45, 2.75) is 12.8 Å². The molecule has 0 radical (unpaired) electrons. The quantitative estimate of drug-likeness (QED) is 0.438. The van der Waals surface area contributed by atoms with Crippen LogP contribution in [0.15, 0.2) is 89.1 Å². The van der Waals surface area contributed by atoms with Crippen molar-refractivity contribution in [1.82, 2.24) is 5.32 Å². The zero-order valence-corrected chi connectivity index (χ0v) is 18.7. The first-order chi connectivity index (χ1) is 16.0. The van der Waals surface area contributed by atoms with Gasteiger partial charge in [0.2, 0.25) is 5.91 Å². The molecule has 3 rings (SSSR count). The fourth-order valence-corrected chi connectivity index (χ4v) is 4.28. The van der Waals surface area contributed by atoms with Gasteiger partial charge < -0.3 is 15.4 Å². The van der Waals surface area contributed by atoms with E-state index >= 15 is 0 Å². The molecule has 0 aliphatic carbocycles. The van der Waals surface area contributed by atoms with Gasteiger partial charge in [-0.1, -0.05) is 60.8 Å². The van der Waals surface area contributed by atoms with Crippen molar-refractivity contribution in [3.05, 3.63) is 101 Å². The van der Waals surface area contributed by atoms with Gasteiger partial charge in [0.1, 0.15) is 12.4 Å². The number of allylic oxidation sites excluding steroid dienone is 2. The van der Waals surface area contributed by atoms with E-state index in [1.165, 1.54) is 24.3 Å². The Morgan fingerprint density at radius 2 is 1.94 bits per heavy atom. The molecule has 0 aromatic heterocycles. The van der Waals surface area contributed by atoms with E-state index in [4.69, 9.17) is 4.74 Å². The smallest absolute Gasteiger partial charge is 0.337 e. The second kappa shape index (κ2) is 11.2. The molecule has 0 spiro atoms. The van der Waals surface area contributed by atoms with Crippen LogP contribution in [-0.2, 0) is 14.3 Å². The molecule has 2 aromatic carbocycles. The number of hydrogen-bond acceptors (Lipinski definition) is 6. The number of carbonyl (C=O) groups excluding carboxylic acids is 2. The van der Waals surface area contributed by atoms with Crippen LogP contribution in [0.4, 0.5) is 10.1 Å². The van der Waals surface area contributed by atoms with Gasteiger partial charge in [0.05, 0.1) is 33.9 Å². The number of nitrogens with zero attached hydrogens (tertiary/aromatic N) is 1. The molecule has 1 unspecified atom stereocenters. The molecule has 0 saturated heterocycles. The molecule has 1 aliphatic heterocycles. The van der Waals surface area contributed by atoms with Gasteiger partial charge in [0.25, 0.3) is 0 Å². The van der Waals surface area contributed by atoms with Crippen molar-refractivity contribution in [2.75, 3.05) is 17.7 Å². The van der Waals surface area contributed by atoms with Crippen LogP contribution >= 0.6 is 11.8 Å². The molecular weight excluding hydrogens is 441 g/mol. The number of ether oxygens (including phenoxy) is 1. The highest BCUT2D eigenvalue weighted by Gasteiger charge is 2.37. The van der Waals surface area contributed by atoms with Crippen molar-refractivity contribution in [1.29, 1.82) is 5.26 Å². The molecule has 168 valence electrons. The third kappa shape index (κ3) is 5.70. The Hall–Kier alpha value is -3.83. The van der Waals surface area contributed by atoms with Gasteiger partial charge in [0.15, 0.2) is 0 Å². The average molecular weight is 464 g/mol. The Bertz CT molecular complexity index is 1170. The zero-order chi connectivity index (χ0) is 23.8. The van der Waals surface area contributed by atoms with E-state index in [1.54, 1.807) is 25.1 Å². The summed E-state index contributed by atoms with van der Waals surface area (Å²) in [4.78, 5) is 25.2. The summed E-state index contributed by atoms with van der Waals surface area (Å²) in [6, 6.07) is 17.1. The largest absolute Gasteiger partial charge is 0.458 e. The van der Waals surface area contributed by atoms with Crippen molar-refractivity contribution < 1.29 is 18.7 Å². The molecule has 0 bridgehead atoms. The number of esters is 1. The Kier molecular flexibility index (Phi) is 8.06. The minimum Gasteiger partial charge on any atom is -0.458 e. The first kappa shape index (κ1) is 23.8. The van der Waals surface area contributed by atoms with Crippen LogP contribution in [-0.4, -0.2) is 24.2 Å². The highest BCUT2D eigenvalue weighted by Crippen LogP contribution is 2.41. The third-order valence-corrected chi connectivity index (χ3v) is 5.84. The summed E-state index contributed by atoms with van der Waals surface area (Å²) < 4.78 is 20.0. The molecule has 1 amide bonds. The SMILES string of the molecule is C=CCOC(=O)C1=C(C)NC(SCC(=O)Nc2ccccc2)=C(C#N)C1c1ccccc1F. The van der Waals surface area contributed by atoms with E-state index in [-0.39, 0.29) is 35.0 Å². The molecule has 2 aromatic rings. The predicted molar refractivity (Wildman–Crippen MR) is 126 cm³/mol. The van der Waals surface area contributed by atoms with Gasteiger partial charge in [-0.3, -0.25) is 4.79 Å². The molecule has 1 aliphatic rings. The monoisotopic (exact) mass is 463 g/mol. The fourth-order valence-electron chi connectivity index (χ4n) is 3.39. The van der Waals surface area contributed by atoms with Crippen LogP contribution in [0.5, 0.6) is 0 Å². The number of para-hydroxylation sites is 1. The Balaban J connectivity index is 1.93. The molecule has 2 N–H and O–H groups in total.